The molecule has 1 aliphatic rings. The van der Waals surface area contributed by atoms with Gasteiger partial charge in [-0.05, 0) is 38.8 Å². The summed E-state index contributed by atoms with van der Waals surface area (Å²) in [5.74, 6) is 0. The van der Waals surface area contributed by atoms with Gasteiger partial charge in [0.1, 0.15) is 0 Å². The fourth-order valence-corrected chi connectivity index (χ4v) is 3.12. The Morgan fingerprint density at radius 1 is 1.35 bits per heavy atom. The molecule has 0 radical (unpaired) electrons. The summed E-state index contributed by atoms with van der Waals surface area (Å²) in [7, 11) is 0. The SMILES string of the molecule is CCCC1(c2ccnn2CC)CCCCCN1. The highest BCUT2D eigenvalue weighted by Gasteiger charge is 2.34. The second-order valence-electron chi connectivity index (χ2n) is 5.10. The zero-order chi connectivity index (χ0) is 12.1. The van der Waals surface area contributed by atoms with Gasteiger partial charge in [0.2, 0.25) is 0 Å². The molecular weight excluding hydrogens is 210 g/mol. The van der Waals surface area contributed by atoms with Crippen LogP contribution >= 0.6 is 0 Å². The Labute approximate surface area is 105 Å². The molecule has 96 valence electrons. The first-order valence-corrected chi connectivity index (χ1v) is 7.09. The Hall–Kier alpha value is -0.830. The Morgan fingerprint density at radius 3 is 3.00 bits per heavy atom. The Kier molecular flexibility index (Phi) is 4.21. The van der Waals surface area contributed by atoms with Crippen LogP contribution in [0.15, 0.2) is 12.3 Å². The molecule has 1 unspecified atom stereocenters. The van der Waals surface area contributed by atoms with E-state index in [0.717, 1.165) is 13.1 Å². The summed E-state index contributed by atoms with van der Waals surface area (Å²) in [6.07, 6.45) is 9.66. The van der Waals surface area contributed by atoms with Crippen molar-refractivity contribution >= 4 is 0 Å². The molecule has 1 aromatic heterocycles. The molecule has 0 saturated carbocycles. The number of rotatable bonds is 4. The number of hydrogen-bond acceptors (Lipinski definition) is 2. The smallest absolute Gasteiger partial charge is 0.0605 e. The van der Waals surface area contributed by atoms with Crippen LogP contribution in [0, 0.1) is 0 Å². The summed E-state index contributed by atoms with van der Waals surface area (Å²) >= 11 is 0. The van der Waals surface area contributed by atoms with E-state index in [4.69, 9.17) is 0 Å². The number of aryl methyl sites for hydroxylation is 1. The van der Waals surface area contributed by atoms with Gasteiger partial charge in [-0.25, -0.2) is 0 Å². The summed E-state index contributed by atoms with van der Waals surface area (Å²) in [6.45, 7) is 6.57. The van der Waals surface area contributed by atoms with Gasteiger partial charge in [0.25, 0.3) is 0 Å². The fraction of sp³-hybridized carbons (Fsp3) is 0.786. The van der Waals surface area contributed by atoms with Crippen molar-refractivity contribution in [3.8, 4) is 0 Å². The van der Waals surface area contributed by atoms with Crippen molar-refractivity contribution in [3.05, 3.63) is 18.0 Å². The predicted molar refractivity (Wildman–Crippen MR) is 71.0 cm³/mol. The lowest BCUT2D eigenvalue weighted by molar-refractivity contribution is 0.275. The van der Waals surface area contributed by atoms with E-state index in [1.54, 1.807) is 0 Å². The first-order valence-electron chi connectivity index (χ1n) is 7.09. The summed E-state index contributed by atoms with van der Waals surface area (Å²) in [5.41, 5.74) is 1.57. The largest absolute Gasteiger partial charge is 0.306 e. The lowest BCUT2D eigenvalue weighted by atomic mass is 9.85. The molecule has 3 heteroatoms. The van der Waals surface area contributed by atoms with Crippen LogP contribution in [0.4, 0.5) is 0 Å². The first kappa shape index (κ1) is 12.6. The number of aromatic nitrogens is 2. The van der Waals surface area contributed by atoms with Crippen LogP contribution in [0.3, 0.4) is 0 Å². The van der Waals surface area contributed by atoms with Gasteiger partial charge in [-0.15, -0.1) is 0 Å². The van der Waals surface area contributed by atoms with E-state index >= 15 is 0 Å². The van der Waals surface area contributed by atoms with Crippen molar-refractivity contribution in [3.63, 3.8) is 0 Å². The Bertz CT molecular complexity index is 335. The molecule has 0 aromatic carbocycles. The molecule has 1 atom stereocenters. The van der Waals surface area contributed by atoms with E-state index in [2.05, 4.69) is 35.0 Å². The maximum Gasteiger partial charge on any atom is 0.0605 e. The molecule has 1 aliphatic heterocycles. The molecule has 0 bridgehead atoms. The minimum absolute atomic E-state index is 0.178. The summed E-state index contributed by atoms with van der Waals surface area (Å²) in [5, 5.41) is 8.26. The van der Waals surface area contributed by atoms with Crippen LogP contribution in [0.5, 0.6) is 0 Å². The van der Waals surface area contributed by atoms with E-state index in [-0.39, 0.29) is 5.54 Å². The van der Waals surface area contributed by atoms with Crippen LogP contribution < -0.4 is 5.32 Å². The monoisotopic (exact) mass is 235 g/mol. The van der Waals surface area contributed by atoms with Crippen molar-refractivity contribution in [2.45, 2.75) is 64.5 Å². The van der Waals surface area contributed by atoms with Crippen molar-refractivity contribution < 1.29 is 0 Å². The molecule has 2 heterocycles. The normalized spacial score (nSPS) is 25.8. The molecule has 0 amide bonds. The molecule has 1 N–H and O–H groups in total. The molecule has 17 heavy (non-hydrogen) atoms. The van der Waals surface area contributed by atoms with E-state index in [9.17, 15) is 0 Å². The number of hydrogen-bond donors (Lipinski definition) is 1. The zero-order valence-corrected chi connectivity index (χ0v) is 11.2. The van der Waals surface area contributed by atoms with Gasteiger partial charge in [-0.3, -0.25) is 4.68 Å². The van der Waals surface area contributed by atoms with Crippen molar-refractivity contribution in [2.75, 3.05) is 6.54 Å². The van der Waals surface area contributed by atoms with Gasteiger partial charge < -0.3 is 5.32 Å². The molecule has 1 aromatic rings. The van der Waals surface area contributed by atoms with Crippen molar-refractivity contribution in [1.82, 2.24) is 15.1 Å². The summed E-state index contributed by atoms with van der Waals surface area (Å²) in [4.78, 5) is 0. The number of nitrogens with zero attached hydrogens (tertiary/aromatic N) is 2. The van der Waals surface area contributed by atoms with Crippen LogP contribution in [0.2, 0.25) is 0 Å². The second-order valence-corrected chi connectivity index (χ2v) is 5.10. The van der Waals surface area contributed by atoms with E-state index in [1.807, 2.05) is 6.20 Å². The minimum Gasteiger partial charge on any atom is -0.306 e. The third-order valence-corrected chi connectivity index (χ3v) is 3.93. The number of nitrogens with one attached hydrogen (secondary N) is 1. The molecule has 1 saturated heterocycles. The molecule has 3 nitrogen and oxygen atoms in total. The fourth-order valence-electron chi connectivity index (χ4n) is 3.12. The van der Waals surface area contributed by atoms with E-state index in [0.29, 0.717) is 0 Å². The van der Waals surface area contributed by atoms with Gasteiger partial charge in [0.05, 0.1) is 11.2 Å². The first-order chi connectivity index (χ1) is 8.32. The maximum atomic E-state index is 4.44. The average Bonchev–Trinajstić information content (AvgIpc) is 2.71. The van der Waals surface area contributed by atoms with Crippen molar-refractivity contribution in [1.29, 1.82) is 0 Å². The van der Waals surface area contributed by atoms with Crippen LogP contribution in [0.1, 0.15) is 58.1 Å². The summed E-state index contributed by atoms with van der Waals surface area (Å²) < 4.78 is 2.16. The molecule has 0 spiro atoms. The Morgan fingerprint density at radius 2 is 2.24 bits per heavy atom. The topological polar surface area (TPSA) is 29.9 Å². The van der Waals surface area contributed by atoms with Crippen molar-refractivity contribution in [2.24, 2.45) is 0 Å². The quantitative estimate of drug-likeness (QED) is 0.869. The maximum absolute atomic E-state index is 4.44. The third-order valence-electron chi connectivity index (χ3n) is 3.93. The molecule has 0 aliphatic carbocycles. The molecule has 2 rings (SSSR count). The highest BCUT2D eigenvalue weighted by atomic mass is 15.3. The van der Waals surface area contributed by atoms with Gasteiger partial charge >= 0.3 is 0 Å². The van der Waals surface area contributed by atoms with Crippen LogP contribution in [-0.4, -0.2) is 16.3 Å². The van der Waals surface area contributed by atoms with E-state index in [1.165, 1.54) is 44.2 Å². The lowest BCUT2D eigenvalue weighted by Crippen LogP contribution is -2.43. The van der Waals surface area contributed by atoms with Gasteiger partial charge in [0, 0.05) is 12.7 Å². The standard InChI is InChI=1S/C14H25N3/c1-3-9-14(10-6-5-7-11-15-14)13-8-12-16-17(13)4-2/h8,12,15H,3-7,9-11H2,1-2H3. The lowest BCUT2D eigenvalue weighted by Gasteiger charge is -2.34. The summed E-state index contributed by atoms with van der Waals surface area (Å²) in [6, 6.07) is 2.21. The Balaban J connectivity index is 2.31. The highest BCUT2D eigenvalue weighted by molar-refractivity contribution is 5.16. The van der Waals surface area contributed by atoms with Gasteiger partial charge in [-0.1, -0.05) is 26.2 Å². The highest BCUT2D eigenvalue weighted by Crippen LogP contribution is 2.34. The molecular formula is C14H25N3. The van der Waals surface area contributed by atoms with Gasteiger partial charge in [-0.2, -0.15) is 5.10 Å². The molecule has 1 fully saturated rings. The van der Waals surface area contributed by atoms with Crippen LogP contribution in [0.25, 0.3) is 0 Å². The zero-order valence-electron chi connectivity index (χ0n) is 11.2. The second kappa shape index (κ2) is 5.67. The minimum atomic E-state index is 0.178. The van der Waals surface area contributed by atoms with Crippen LogP contribution in [-0.2, 0) is 12.1 Å². The van der Waals surface area contributed by atoms with Gasteiger partial charge in [0.15, 0.2) is 0 Å². The van der Waals surface area contributed by atoms with E-state index < -0.39 is 0 Å². The predicted octanol–water partition coefficient (Wildman–Crippen LogP) is 3.06. The average molecular weight is 235 g/mol. The third kappa shape index (κ3) is 2.54.